The Morgan fingerprint density at radius 3 is 3.17 bits per heavy atom. The Balaban J connectivity index is 2.04. The van der Waals surface area contributed by atoms with Crippen molar-refractivity contribution in [3.63, 3.8) is 0 Å². The molecule has 1 aliphatic heterocycles. The maximum absolute atomic E-state index is 5.77. The van der Waals surface area contributed by atoms with Gasteiger partial charge in [0.15, 0.2) is 0 Å². The van der Waals surface area contributed by atoms with E-state index in [4.69, 9.17) is 4.74 Å². The van der Waals surface area contributed by atoms with Crippen LogP contribution in [0, 0.1) is 0 Å². The molecule has 1 aliphatic rings. The van der Waals surface area contributed by atoms with Crippen molar-refractivity contribution in [3.05, 3.63) is 22.4 Å². The van der Waals surface area contributed by atoms with Crippen molar-refractivity contribution in [2.75, 3.05) is 13.1 Å². The largest absolute Gasteiger partial charge is 0.368 e. The molecular formula is C9H13NOS. The van der Waals surface area contributed by atoms with E-state index in [1.165, 1.54) is 5.56 Å². The van der Waals surface area contributed by atoms with E-state index < -0.39 is 0 Å². The molecule has 0 saturated carbocycles. The van der Waals surface area contributed by atoms with E-state index in [0.29, 0.717) is 6.10 Å². The molecule has 1 N–H and O–H groups in total. The lowest BCUT2D eigenvalue weighted by molar-refractivity contribution is -0.0285. The highest BCUT2D eigenvalue weighted by atomic mass is 32.1. The molecule has 2 heterocycles. The van der Waals surface area contributed by atoms with E-state index >= 15 is 0 Å². The first-order valence-corrected chi connectivity index (χ1v) is 5.19. The maximum Gasteiger partial charge on any atom is 0.0961 e. The van der Waals surface area contributed by atoms with E-state index in [1.807, 2.05) is 0 Å². The molecule has 0 aliphatic carbocycles. The Morgan fingerprint density at radius 2 is 2.50 bits per heavy atom. The van der Waals surface area contributed by atoms with Gasteiger partial charge in [-0.05, 0) is 29.3 Å². The topological polar surface area (TPSA) is 21.3 Å². The van der Waals surface area contributed by atoms with Gasteiger partial charge in [0.25, 0.3) is 0 Å². The summed E-state index contributed by atoms with van der Waals surface area (Å²) in [4.78, 5) is 0. The second-order valence-electron chi connectivity index (χ2n) is 3.15. The average molecular weight is 183 g/mol. The molecule has 1 aromatic heterocycles. The van der Waals surface area contributed by atoms with Crippen LogP contribution in [0.1, 0.15) is 18.6 Å². The molecule has 0 radical (unpaired) electrons. The number of rotatable bonds is 1. The van der Waals surface area contributed by atoms with Gasteiger partial charge in [-0.2, -0.15) is 11.3 Å². The van der Waals surface area contributed by atoms with Gasteiger partial charge in [-0.1, -0.05) is 0 Å². The van der Waals surface area contributed by atoms with Gasteiger partial charge in [-0.3, -0.25) is 0 Å². The quantitative estimate of drug-likeness (QED) is 0.717. The highest BCUT2D eigenvalue weighted by molar-refractivity contribution is 7.07. The minimum Gasteiger partial charge on any atom is -0.368 e. The highest BCUT2D eigenvalue weighted by Crippen LogP contribution is 2.22. The van der Waals surface area contributed by atoms with Gasteiger partial charge in [0, 0.05) is 13.1 Å². The lowest BCUT2D eigenvalue weighted by Gasteiger charge is -2.28. The van der Waals surface area contributed by atoms with Gasteiger partial charge in [-0.25, -0.2) is 0 Å². The Bertz CT molecular complexity index is 235. The molecule has 0 bridgehead atoms. The minimum absolute atomic E-state index is 0.264. The molecule has 0 unspecified atom stereocenters. The fraction of sp³-hybridized carbons (Fsp3) is 0.556. The Kier molecular flexibility index (Phi) is 2.44. The lowest BCUT2D eigenvalue weighted by Crippen LogP contribution is -2.38. The first-order valence-electron chi connectivity index (χ1n) is 4.24. The van der Waals surface area contributed by atoms with Crippen LogP contribution in [-0.4, -0.2) is 19.2 Å². The van der Waals surface area contributed by atoms with Crippen LogP contribution in [0.4, 0.5) is 0 Å². The van der Waals surface area contributed by atoms with Gasteiger partial charge in [0.1, 0.15) is 0 Å². The number of nitrogens with one attached hydrogen (secondary N) is 1. The highest BCUT2D eigenvalue weighted by Gasteiger charge is 2.19. The van der Waals surface area contributed by atoms with E-state index in [9.17, 15) is 0 Å². The van der Waals surface area contributed by atoms with E-state index in [2.05, 4.69) is 29.1 Å². The smallest absolute Gasteiger partial charge is 0.0961 e. The van der Waals surface area contributed by atoms with Crippen LogP contribution in [0.15, 0.2) is 16.8 Å². The van der Waals surface area contributed by atoms with Crippen LogP contribution in [0.3, 0.4) is 0 Å². The Hall–Kier alpha value is -0.380. The summed E-state index contributed by atoms with van der Waals surface area (Å²) in [6.07, 6.45) is 0.601. The van der Waals surface area contributed by atoms with Crippen molar-refractivity contribution in [2.24, 2.45) is 0 Å². The summed E-state index contributed by atoms with van der Waals surface area (Å²) in [6.45, 7) is 4.02. The van der Waals surface area contributed by atoms with E-state index in [-0.39, 0.29) is 6.10 Å². The SMILES string of the molecule is C[C@H]1CNC[C@H](c2ccsc2)O1. The summed E-state index contributed by atoms with van der Waals surface area (Å²) in [7, 11) is 0. The predicted octanol–water partition coefficient (Wildman–Crippen LogP) is 1.80. The molecule has 1 fully saturated rings. The molecule has 66 valence electrons. The first-order chi connectivity index (χ1) is 5.86. The van der Waals surface area contributed by atoms with Crippen LogP contribution in [0.25, 0.3) is 0 Å². The molecule has 0 spiro atoms. The zero-order chi connectivity index (χ0) is 8.39. The van der Waals surface area contributed by atoms with Crippen molar-refractivity contribution < 1.29 is 4.74 Å². The lowest BCUT2D eigenvalue weighted by atomic mass is 10.1. The number of thiophene rings is 1. The van der Waals surface area contributed by atoms with Crippen molar-refractivity contribution >= 4 is 11.3 Å². The second-order valence-corrected chi connectivity index (χ2v) is 3.93. The third-order valence-electron chi connectivity index (χ3n) is 2.07. The molecule has 1 aromatic rings. The zero-order valence-electron chi connectivity index (χ0n) is 7.12. The van der Waals surface area contributed by atoms with Crippen LogP contribution < -0.4 is 5.32 Å². The van der Waals surface area contributed by atoms with E-state index in [1.54, 1.807) is 11.3 Å². The summed E-state index contributed by atoms with van der Waals surface area (Å²) in [5, 5.41) is 7.60. The average Bonchev–Trinajstić information content (AvgIpc) is 2.56. The minimum atomic E-state index is 0.264. The molecule has 2 atom stereocenters. The Labute approximate surface area is 76.6 Å². The van der Waals surface area contributed by atoms with Gasteiger partial charge < -0.3 is 10.1 Å². The van der Waals surface area contributed by atoms with Crippen molar-refractivity contribution in [3.8, 4) is 0 Å². The summed E-state index contributed by atoms with van der Waals surface area (Å²) in [5.74, 6) is 0. The molecular weight excluding hydrogens is 170 g/mol. The molecule has 3 heteroatoms. The number of ether oxygens (including phenoxy) is 1. The summed E-state index contributed by atoms with van der Waals surface area (Å²) in [6, 6.07) is 2.13. The van der Waals surface area contributed by atoms with Gasteiger partial charge in [0.2, 0.25) is 0 Å². The Morgan fingerprint density at radius 1 is 1.58 bits per heavy atom. The summed E-state index contributed by atoms with van der Waals surface area (Å²) in [5.41, 5.74) is 1.30. The molecule has 0 amide bonds. The fourth-order valence-electron chi connectivity index (χ4n) is 1.45. The van der Waals surface area contributed by atoms with Gasteiger partial charge in [-0.15, -0.1) is 0 Å². The fourth-order valence-corrected chi connectivity index (χ4v) is 2.15. The van der Waals surface area contributed by atoms with Crippen LogP contribution in [0.2, 0.25) is 0 Å². The van der Waals surface area contributed by atoms with Crippen molar-refractivity contribution in [1.82, 2.24) is 5.32 Å². The molecule has 2 rings (SSSR count). The third kappa shape index (κ3) is 1.68. The molecule has 12 heavy (non-hydrogen) atoms. The maximum atomic E-state index is 5.77. The first kappa shape index (κ1) is 8.23. The normalized spacial score (nSPS) is 30.4. The van der Waals surface area contributed by atoms with Crippen molar-refractivity contribution in [2.45, 2.75) is 19.1 Å². The summed E-state index contributed by atoms with van der Waals surface area (Å²) < 4.78 is 5.77. The molecule has 2 nitrogen and oxygen atoms in total. The van der Waals surface area contributed by atoms with Gasteiger partial charge in [0.05, 0.1) is 12.2 Å². The molecule has 1 saturated heterocycles. The molecule has 0 aromatic carbocycles. The summed E-state index contributed by atoms with van der Waals surface area (Å²) >= 11 is 1.73. The third-order valence-corrected chi connectivity index (χ3v) is 2.77. The standard InChI is InChI=1S/C9H13NOS/c1-7-4-10-5-9(11-7)8-2-3-12-6-8/h2-3,6-7,9-10H,4-5H2,1H3/t7-,9+/m0/s1. The van der Waals surface area contributed by atoms with E-state index in [0.717, 1.165) is 13.1 Å². The number of morpholine rings is 1. The van der Waals surface area contributed by atoms with Crippen molar-refractivity contribution in [1.29, 1.82) is 0 Å². The predicted molar refractivity (Wildman–Crippen MR) is 50.5 cm³/mol. The van der Waals surface area contributed by atoms with Crippen LogP contribution >= 0.6 is 11.3 Å². The number of hydrogen-bond donors (Lipinski definition) is 1. The van der Waals surface area contributed by atoms with Gasteiger partial charge >= 0.3 is 0 Å². The zero-order valence-corrected chi connectivity index (χ0v) is 7.93. The van der Waals surface area contributed by atoms with Crippen LogP contribution in [-0.2, 0) is 4.74 Å². The number of hydrogen-bond acceptors (Lipinski definition) is 3. The van der Waals surface area contributed by atoms with Crippen LogP contribution in [0.5, 0.6) is 0 Å². The monoisotopic (exact) mass is 183 g/mol. The second kappa shape index (κ2) is 3.56.